The Morgan fingerprint density at radius 2 is 2.00 bits per heavy atom. The van der Waals surface area contributed by atoms with Crippen LogP contribution in [0.1, 0.15) is 23.6 Å². The van der Waals surface area contributed by atoms with E-state index in [4.69, 9.17) is 0 Å². The minimum atomic E-state index is -0.0250. The van der Waals surface area contributed by atoms with Crippen molar-refractivity contribution in [1.29, 1.82) is 0 Å². The lowest BCUT2D eigenvalue weighted by Crippen LogP contribution is -2.18. The lowest BCUT2D eigenvalue weighted by atomic mass is 10.0. The maximum atomic E-state index is 10.7. The summed E-state index contributed by atoms with van der Waals surface area (Å²) in [7, 11) is 0. The minimum Gasteiger partial charge on any atom is -0.352 e. The summed E-state index contributed by atoms with van der Waals surface area (Å²) in [6.07, 6.45) is 3.58. The zero-order valence-corrected chi connectivity index (χ0v) is 8.92. The molecule has 2 nitrogen and oxygen atoms in total. The van der Waals surface area contributed by atoms with E-state index in [0.717, 1.165) is 16.7 Å². The Morgan fingerprint density at radius 3 is 2.53 bits per heavy atom. The SMILES string of the molecule is C=Cc1ccc(CNC(C)=O)cc1C=C. The molecule has 78 valence electrons. The van der Waals surface area contributed by atoms with Gasteiger partial charge < -0.3 is 5.32 Å². The first-order valence-corrected chi connectivity index (χ1v) is 4.79. The number of carbonyl (C=O) groups is 1. The average molecular weight is 201 g/mol. The number of nitrogens with one attached hydrogen (secondary N) is 1. The molecular weight excluding hydrogens is 186 g/mol. The number of hydrogen-bond donors (Lipinski definition) is 1. The van der Waals surface area contributed by atoms with E-state index < -0.39 is 0 Å². The van der Waals surface area contributed by atoms with Crippen LogP contribution in [0.5, 0.6) is 0 Å². The monoisotopic (exact) mass is 201 g/mol. The van der Waals surface area contributed by atoms with E-state index in [-0.39, 0.29) is 5.91 Å². The molecule has 0 aliphatic heterocycles. The molecule has 0 bridgehead atoms. The van der Waals surface area contributed by atoms with Gasteiger partial charge in [0.15, 0.2) is 0 Å². The molecule has 0 fully saturated rings. The average Bonchev–Trinajstić information content (AvgIpc) is 2.25. The standard InChI is InChI=1S/C13H15NO/c1-4-12-7-6-11(8-13(12)5-2)9-14-10(3)15/h4-8H,1-2,9H2,3H3,(H,14,15). The number of rotatable bonds is 4. The number of benzene rings is 1. The van der Waals surface area contributed by atoms with Crippen LogP contribution in [0.2, 0.25) is 0 Å². The lowest BCUT2D eigenvalue weighted by molar-refractivity contribution is -0.119. The van der Waals surface area contributed by atoms with Crippen molar-refractivity contribution in [1.82, 2.24) is 5.32 Å². The van der Waals surface area contributed by atoms with Gasteiger partial charge in [0.25, 0.3) is 0 Å². The van der Waals surface area contributed by atoms with Crippen molar-refractivity contribution in [3.05, 3.63) is 48.0 Å². The highest BCUT2D eigenvalue weighted by Crippen LogP contribution is 2.14. The van der Waals surface area contributed by atoms with Crippen LogP contribution < -0.4 is 5.32 Å². The van der Waals surface area contributed by atoms with Crippen LogP contribution in [0, 0.1) is 0 Å². The highest BCUT2D eigenvalue weighted by atomic mass is 16.1. The molecule has 0 aliphatic carbocycles. The van der Waals surface area contributed by atoms with Crippen molar-refractivity contribution in [2.24, 2.45) is 0 Å². The Hall–Kier alpha value is -1.83. The highest BCUT2D eigenvalue weighted by molar-refractivity contribution is 5.73. The molecule has 2 heteroatoms. The Bertz CT molecular complexity index is 394. The van der Waals surface area contributed by atoms with Gasteiger partial charge in [-0.1, -0.05) is 37.4 Å². The van der Waals surface area contributed by atoms with Crippen molar-refractivity contribution in [3.8, 4) is 0 Å². The van der Waals surface area contributed by atoms with Gasteiger partial charge in [-0.2, -0.15) is 0 Å². The van der Waals surface area contributed by atoms with Crippen LogP contribution in [0.25, 0.3) is 12.2 Å². The first kappa shape index (κ1) is 11.2. The van der Waals surface area contributed by atoms with Crippen molar-refractivity contribution >= 4 is 18.1 Å². The number of hydrogen-bond acceptors (Lipinski definition) is 1. The third-order valence-corrected chi connectivity index (χ3v) is 2.13. The molecular formula is C13H15NO. The van der Waals surface area contributed by atoms with Crippen LogP contribution in [0.4, 0.5) is 0 Å². The molecule has 1 aromatic carbocycles. The first-order chi connectivity index (χ1) is 7.17. The van der Waals surface area contributed by atoms with Crippen LogP contribution in [0.3, 0.4) is 0 Å². The molecule has 0 spiro atoms. The highest BCUT2D eigenvalue weighted by Gasteiger charge is 1.99. The second-order valence-electron chi connectivity index (χ2n) is 3.28. The van der Waals surface area contributed by atoms with Gasteiger partial charge in [0, 0.05) is 13.5 Å². The Balaban J connectivity index is 2.88. The molecule has 0 saturated heterocycles. The smallest absolute Gasteiger partial charge is 0.217 e. The second-order valence-corrected chi connectivity index (χ2v) is 3.28. The van der Waals surface area contributed by atoms with Gasteiger partial charge in [-0.05, 0) is 22.8 Å². The van der Waals surface area contributed by atoms with E-state index >= 15 is 0 Å². The maximum absolute atomic E-state index is 10.7. The first-order valence-electron chi connectivity index (χ1n) is 4.79. The zero-order chi connectivity index (χ0) is 11.3. The van der Waals surface area contributed by atoms with Gasteiger partial charge in [-0.25, -0.2) is 0 Å². The van der Waals surface area contributed by atoms with Crippen molar-refractivity contribution in [2.75, 3.05) is 0 Å². The van der Waals surface area contributed by atoms with Crippen molar-refractivity contribution < 1.29 is 4.79 Å². The number of carbonyl (C=O) groups excluding carboxylic acids is 1. The molecule has 0 heterocycles. The molecule has 0 radical (unpaired) electrons. The third kappa shape index (κ3) is 3.09. The summed E-state index contributed by atoms with van der Waals surface area (Å²) in [5, 5.41) is 2.75. The van der Waals surface area contributed by atoms with E-state index in [2.05, 4.69) is 18.5 Å². The van der Waals surface area contributed by atoms with E-state index in [9.17, 15) is 4.79 Å². The van der Waals surface area contributed by atoms with Gasteiger partial charge in [-0.15, -0.1) is 0 Å². The summed E-state index contributed by atoms with van der Waals surface area (Å²) < 4.78 is 0. The summed E-state index contributed by atoms with van der Waals surface area (Å²) in [4.78, 5) is 10.7. The maximum Gasteiger partial charge on any atom is 0.217 e. The van der Waals surface area contributed by atoms with Crippen LogP contribution in [-0.4, -0.2) is 5.91 Å². The largest absolute Gasteiger partial charge is 0.352 e. The van der Waals surface area contributed by atoms with Gasteiger partial charge in [0.1, 0.15) is 0 Å². The Morgan fingerprint density at radius 1 is 1.33 bits per heavy atom. The fourth-order valence-corrected chi connectivity index (χ4v) is 1.32. The van der Waals surface area contributed by atoms with Crippen molar-refractivity contribution in [3.63, 3.8) is 0 Å². The molecule has 1 amide bonds. The zero-order valence-electron chi connectivity index (χ0n) is 8.92. The molecule has 0 unspecified atom stereocenters. The van der Waals surface area contributed by atoms with Gasteiger partial charge in [0.05, 0.1) is 0 Å². The summed E-state index contributed by atoms with van der Waals surface area (Å²) in [6.45, 7) is 9.52. The third-order valence-electron chi connectivity index (χ3n) is 2.13. The van der Waals surface area contributed by atoms with E-state index in [1.807, 2.05) is 18.2 Å². The summed E-state index contributed by atoms with van der Waals surface area (Å²) >= 11 is 0. The molecule has 0 aliphatic rings. The second kappa shape index (κ2) is 5.15. The summed E-state index contributed by atoms with van der Waals surface area (Å²) in [6, 6.07) is 5.95. The molecule has 0 saturated carbocycles. The quantitative estimate of drug-likeness (QED) is 0.797. The molecule has 1 aromatic rings. The van der Waals surface area contributed by atoms with Crippen LogP contribution in [-0.2, 0) is 11.3 Å². The minimum absolute atomic E-state index is 0.0250. The topological polar surface area (TPSA) is 29.1 Å². The van der Waals surface area contributed by atoms with Crippen molar-refractivity contribution in [2.45, 2.75) is 13.5 Å². The predicted octanol–water partition coefficient (Wildman–Crippen LogP) is 2.61. The number of amides is 1. The lowest BCUT2D eigenvalue weighted by Gasteiger charge is -2.06. The van der Waals surface area contributed by atoms with Crippen LogP contribution >= 0.6 is 0 Å². The molecule has 0 atom stereocenters. The van der Waals surface area contributed by atoms with Gasteiger partial charge in [0.2, 0.25) is 5.91 Å². The Labute approximate surface area is 90.3 Å². The molecule has 1 N–H and O–H groups in total. The molecule has 0 aromatic heterocycles. The fraction of sp³-hybridized carbons (Fsp3) is 0.154. The Kier molecular flexibility index (Phi) is 3.86. The van der Waals surface area contributed by atoms with E-state index in [0.29, 0.717) is 6.54 Å². The predicted molar refractivity (Wildman–Crippen MR) is 64.1 cm³/mol. The fourth-order valence-electron chi connectivity index (χ4n) is 1.32. The molecule has 15 heavy (non-hydrogen) atoms. The summed E-state index contributed by atoms with van der Waals surface area (Å²) in [5.41, 5.74) is 3.15. The van der Waals surface area contributed by atoms with Gasteiger partial charge in [-0.3, -0.25) is 4.79 Å². The normalized spacial score (nSPS) is 9.40. The summed E-state index contributed by atoms with van der Waals surface area (Å²) in [5.74, 6) is -0.0250. The van der Waals surface area contributed by atoms with Crippen LogP contribution in [0.15, 0.2) is 31.4 Å². The van der Waals surface area contributed by atoms with E-state index in [1.54, 1.807) is 12.2 Å². The molecule has 1 rings (SSSR count). The van der Waals surface area contributed by atoms with Gasteiger partial charge >= 0.3 is 0 Å². The van der Waals surface area contributed by atoms with E-state index in [1.165, 1.54) is 6.92 Å².